The highest BCUT2D eigenvalue weighted by Crippen LogP contribution is 2.61. The Balaban J connectivity index is 0.982. The van der Waals surface area contributed by atoms with Crippen molar-refractivity contribution in [2.45, 2.75) is 28.7 Å². The summed E-state index contributed by atoms with van der Waals surface area (Å²) in [5, 5.41) is 0. The molecule has 0 radical (unpaired) electrons. The molecule has 1 unspecified atom stereocenters. The zero-order valence-corrected chi connectivity index (χ0v) is 42.1. The first-order valence-electron chi connectivity index (χ1n) is 26.9. The van der Waals surface area contributed by atoms with E-state index in [1.807, 2.05) is 0 Å². The first-order valence-corrected chi connectivity index (χ1v) is 26.9. The standard InChI is InChI=1S/C75H53N/c1-6-24-52(25-7-1)73(67-38-20-16-34-61(67)62-35-17-21-39-68(62)73)57-42-44-58(45-43-57)76(59-46-48-65-63-36-18-22-40-69(63)74(71(65)50-59,53-26-8-2-9-27-53)54-28-10-3-11-29-54)60-47-49-66-64-37-19-23-41-70(64)75(72(66)51-60,55-30-12-4-13-31-55)56-32-14-5-15-33-56/h1-46,48-51,60H,47H2. The third-order valence-corrected chi connectivity index (χ3v) is 17.4. The van der Waals surface area contributed by atoms with Crippen LogP contribution in [0, 0.1) is 0 Å². The van der Waals surface area contributed by atoms with Crippen LogP contribution in [0.1, 0.15) is 73.2 Å². The molecule has 76 heavy (non-hydrogen) atoms. The molecule has 11 aromatic carbocycles. The number of hydrogen-bond acceptors (Lipinski definition) is 1. The van der Waals surface area contributed by atoms with Gasteiger partial charge in [0.25, 0.3) is 0 Å². The molecule has 0 aliphatic heterocycles. The van der Waals surface area contributed by atoms with E-state index in [0.29, 0.717) is 0 Å². The highest BCUT2D eigenvalue weighted by atomic mass is 15.2. The minimum Gasteiger partial charge on any atom is -0.334 e. The summed E-state index contributed by atoms with van der Waals surface area (Å²) in [6, 6.07) is 109. The van der Waals surface area contributed by atoms with Crippen LogP contribution in [0.3, 0.4) is 0 Å². The summed E-state index contributed by atoms with van der Waals surface area (Å²) in [4.78, 5) is 2.66. The van der Waals surface area contributed by atoms with Crippen LogP contribution in [0.5, 0.6) is 0 Å². The lowest BCUT2D eigenvalue weighted by atomic mass is 9.66. The molecule has 0 fully saturated rings. The predicted octanol–water partition coefficient (Wildman–Crippen LogP) is 17.7. The van der Waals surface area contributed by atoms with Crippen LogP contribution in [0.2, 0.25) is 0 Å². The molecule has 15 rings (SSSR count). The lowest BCUT2D eigenvalue weighted by Crippen LogP contribution is -2.35. The van der Waals surface area contributed by atoms with Crippen molar-refractivity contribution in [2.24, 2.45) is 0 Å². The largest absolute Gasteiger partial charge is 0.334 e. The lowest BCUT2D eigenvalue weighted by molar-refractivity contribution is 0.723. The van der Waals surface area contributed by atoms with Crippen molar-refractivity contribution in [1.29, 1.82) is 0 Å². The van der Waals surface area contributed by atoms with E-state index in [1.165, 1.54) is 100 Å². The van der Waals surface area contributed by atoms with Crippen LogP contribution in [-0.4, -0.2) is 6.04 Å². The van der Waals surface area contributed by atoms with E-state index in [4.69, 9.17) is 0 Å². The molecule has 0 saturated heterocycles. The Labute approximate surface area is 446 Å². The number of allylic oxidation sites excluding steroid dienone is 2. The number of rotatable bonds is 9. The Morgan fingerprint density at radius 2 is 0.605 bits per heavy atom. The molecular weight excluding hydrogens is 915 g/mol. The van der Waals surface area contributed by atoms with Gasteiger partial charge < -0.3 is 4.90 Å². The van der Waals surface area contributed by atoms with Gasteiger partial charge in [0, 0.05) is 11.4 Å². The smallest absolute Gasteiger partial charge is 0.0714 e. The number of hydrogen-bond donors (Lipinski definition) is 0. The first-order chi connectivity index (χ1) is 37.7. The molecule has 0 aromatic heterocycles. The molecule has 0 heterocycles. The van der Waals surface area contributed by atoms with Gasteiger partial charge in [-0.2, -0.15) is 0 Å². The fraction of sp³-hybridized carbons (Fsp3) is 0.0667. The maximum absolute atomic E-state index is 2.66. The Hall–Kier alpha value is -9.30. The molecule has 4 aliphatic rings. The van der Waals surface area contributed by atoms with Gasteiger partial charge in [0.1, 0.15) is 0 Å². The van der Waals surface area contributed by atoms with Crippen LogP contribution in [0.15, 0.2) is 309 Å². The molecule has 0 saturated carbocycles. The Morgan fingerprint density at radius 1 is 0.276 bits per heavy atom. The quantitative estimate of drug-likeness (QED) is 0.139. The summed E-state index contributed by atoms with van der Waals surface area (Å²) in [6.07, 6.45) is 6.01. The maximum Gasteiger partial charge on any atom is 0.0714 e. The summed E-state index contributed by atoms with van der Waals surface area (Å²) < 4.78 is 0. The molecule has 1 atom stereocenters. The fourth-order valence-corrected chi connectivity index (χ4v) is 14.5. The van der Waals surface area contributed by atoms with Crippen molar-refractivity contribution < 1.29 is 0 Å². The zero-order chi connectivity index (χ0) is 50.3. The van der Waals surface area contributed by atoms with Crippen molar-refractivity contribution in [2.75, 3.05) is 4.90 Å². The summed E-state index contributed by atoms with van der Waals surface area (Å²) in [7, 11) is 0. The Bertz CT molecular complexity index is 3930. The van der Waals surface area contributed by atoms with Gasteiger partial charge in [0.15, 0.2) is 0 Å². The summed E-state index contributed by atoms with van der Waals surface area (Å²) in [5.41, 5.74) is 24.0. The van der Waals surface area contributed by atoms with Gasteiger partial charge in [-0.15, -0.1) is 0 Å². The lowest BCUT2D eigenvalue weighted by Gasteiger charge is -2.40. The molecule has 4 aliphatic carbocycles. The van der Waals surface area contributed by atoms with E-state index < -0.39 is 16.2 Å². The van der Waals surface area contributed by atoms with Gasteiger partial charge >= 0.3 is 0 Å². The molecule has 0 spiro atoms. The molecule has 0 N–H and O–H groups in total. The second kappa shape index (κ2) is 17.4. The third-order valence-electron chi connectivity index (χ3n) is 17.4. The van der Waals surface area contributed by atoms with Gasteiger partial charge in [-0.05, 0) is 131 Å². The highest BCUT2D eigenvalue weighted by molar-refractivity contribution is 5.96. The minimum atomic E-state index is -0.549. The van der Waals surface area contributed by atoms with Gasteiger partial charge in [-0.1, -0.05) is 279 Å². The summed E-state index contributed by atoms with van der Waals surface area (Å²) in [6.45, 7) is 0. The monoisotopic (exact) mass is 967 g/mol. The van der Waals surface area contributed by atoms with Gasteiger partial charge in [-0.3, -0.25) is 0 Å². The highest BCUT2D eigenvalue weighted by Gasteiger charge is 2.51. The van der Waals surface area contributed by atoms with Crippen LogP contribution >= 0.6 is 0 Å². The summed E-state index contributed by atoms with van der Waals surface area (Å²) in [5.74, 6) is 0. The average Bonchev–Trinajstić information content (AvgIpc) is 4.17. The SMILES string of the molecule is C1=C2C(=CC(N(c3ccc(C4(c5ccccc5)c5ccccc5-c5ccccc54)cc3)c3ccc4c(c3)C(c3ccccc3)(c3ccccc3)c3ccccc3-4)C1)C(c1ccccc1)(c1ccccc1)c1ccccc12. The Kier molecular flexibility index (Phi) is 10.1. The van der Waals surface area contributed by atoms with Crippen LogP contribution in [-0.2, 0) is 16.2 Å². The Morgan fingerprint density at radius 3 is 1.05 bits per heavy atom. The van der Waals surface area contributed by atoms with E-state index in [0.717, 1.165) is 17.8 Å². The third kappa shape index (κ3) is 6.14. The molecule has 1 nitrogen and oxygen atoms in total. The molecule has 1 heteroatoms. The maximum atomic E-state index is 2.66. The zero-order valence-electron chi connectivity index (χ0n) is 42.1. The van der Waals surface area contributed by atoms with Crippen LogP contribution in [0.4, 0.5) is 11.4 Å². The van der Waals surface area contributed by atoms with E-state index in [2.05, 4.69) is 308 Å². The van der Waals surface area contributed by atoms with Crippen molar-refractivity contribution in [3.63, 3.8) is 0 Å². The normalized spacial score (nSPS) is 16.4. The minimum absolute atomic E-state index is 0.0496. The van der Waals surface area contributed by atoms with Crippen molar-refractivity contribution >= 4 is 16.9 Å². The second-order valence-corrected chi connectivity index (χ2v) is 20.9. The van der Waals surface area contributed by atoms with Gasteiger partial charge in [0.05, 0.1) is 22.3 Å². The molecule has 358 valence electrons. The van der Waals surface area contributed by atoms with E-state index in [-0.39, 0.29) is 6.04 Å². The van der Waals surface area contributed by atoms with Crippen LogP contribution in [0.25, 0.3) is 27.8 Å². The van der Waals surface area contributed by atoms with E-state index >= 15 is 0 Å². The number of benzene rings is 11. The van der Waals surface area contributed by atoms with Crippen molar-refractivity contribution in [3.05, 3.63) is 376 Å². The average molecular weight is 968 g/mol. The molecule has 11 aromatic rings. The second-order valence-electron chi connectivity index (χ2n) is 20.9. The number of anilines is 2. The van der Waals surface area contributed by atoms with Crippen molar-refractivity contribution in [3.8, 4) is 22.3 Å². The van der Waals surface area contributed by atoms with Gasteiger partial charge in [0.2, 0.25) is 0 Å². The van der Waals surface area contributed by atoms with E-state index in [9.17, 15) is 0 Å². The predicted molar refractivity (Wildman–Crippen MR) is 313 cm³/mol. The molecule has 0 bridgehead atoms. The summed E-state index contributed by atoms with van der Waals surface area (Å²) >= 11 is 0. The molecule has 0 amide bonds. The van der Waals surface area contributed by atoms with Crippen molar-refractivity contribution in [1.82, 2.24) is 0 Å². The fourth-order valence-electron chi connectivity index (χ4n) is 14.5. The number of nitrogens with zero attached hydrogens (tertiary/aromatic N) is 1. The van der Waals surface area contributed by atoms with E-state index in [1.54, 1.807) is 0 Å². The number of fused-ring (bicyclic) bond motifs is 9. The molecular formula is C75H53N. The topological polar surface area (TPSA) is 3.24 Å². The first kappa shape index (κ1) is 44.2. The van der Waals surface area contributed by atoms with Gasteiger partial charge in [-0.25, -0.2) is 0 Å². The van der Waals surface area contributed by atoms with Crippen LogP contribution < -0.4 is 4.90 Å².